The van der Waals surface area contributed by atoms with Crippen LogP contribution in [0, 0.1) is 24.2 Å². The summed E-state index contributed by atoms with van der Waals surface area (Å²) in [6, 6.07) is 13.7. The van der Waals surface area contributed by atoms with E-state index in [0.29, 0.717) is 24.6 Å². The Morgan fingerprint density at radius 1 is 1.30 bits per heavy atom. The molecule has 1 spiro atoms. The van der Waals surface area contributed by atoms with Gasteiger partial charge in [0.1, 0.15) is 11.4 Å². The molecule has 2 fully saturated rings. The van der Waals surface area contributed by atoms with E-state index >= 15 is 0 Å². The summed E-state index contributed by atoms with van der Waals surface area (Å²) < 4.78 is 13.9. The van der Waals surface area contributed by atoms with E-state index in [4.69, 9.17) is 9.47 Å². The predicted molar refractivity (Wildman–Crippen MR) is 125 cm³/mol. The van der Waals surface area contributed by atoms with Crippen LogP contribution in [-0.4, -0.2) is 34.4 Å². The van der Waals surface area contributed by atoms with Crippen LogP contribution in [0.15, 0.2) is 42.7 Å². The van der Waals surface area contributed by atoms with Crippen molar-refractivity contribution in [3.63, 3.8) is 0 Å². The number of nitrogens with zero attached hydrogens (tertiary/aromatic N) is 4. The van der Waals surface area contributed by atoms with Gasteiger partial charge >= 0.3 is 6.09 Å². The number of aryl methyl sites for hydroxylation is 1. The van der Waals surface area contributed by atoms with E-state index in [-0.39, 0.29) is 6.09 Å². The second-order valence-corrected chi connectivity index (χ2v) is 9.19. The molecular formula is C26H28N4O3. The number of anilines is 1. The van der Waals surface area contributed by atoms with Crippen molar-refractivity contribution in [1.29, 1.82) is 5.26 Å². The molecule has 1 aromatic heterocycles. The largest absolute Gasteiger partial charge is 0.494 e. The van der Waals surface area contributed by atoms with Crippen LogP contribution < -0.4 is 9.64 Å². The van der Waals surface area contributed by atoms with Gasteiger partial charge < -0.3 is 14.0 Å². The molecule has 2 atom stereocenters. The number of hydrogen-bond acceptors (Lipinski definition) is 5. The first kappa shape index (κ1) is 21.3. The van der Waals surface area contributed by atoms with Crippen LogP contribution in [0.3, 0.4) is 0 Å². The molecule has 2 aromatic carbocycles. The number of amides is 1. The molecule has 1 saturated heterocycles. The summed E-state index contributed by atoms with van der Waals surface area (Å²) in [5.41, 5.74) is 3.90. The van der Waals surface area contributed by atoms with Crippen molar-refractivity contribution in [2.75, 3.05) is 18.1 Å². The minimum atomic E-state index is -0.467. The zero-order valence-corrected chi connectivity index (χ0v) is 19.1. The van der Waals surface area contributed by atoms with Crippen LogP contribution >= 0.6 is 0 Å². The van der Waals surface area contributed by atoms with Crippen LogP contribution in [0.5, 0.6) is 5.75 Å². The van der Waals surface area contributed by atoms with Gasteiger partial charge in [-0.3, -0.25) is 4.90 Å². The van der Waals surface area contributed by atoms with E-state index in [9.17, 15) is 10.1 Å². The number of nitriles is 1. The second kappa shape index (κ2) is 8.43. The molecule has 7 heteroatoms. The smallest absolute Gasteiger partial charge is 0.415 e. The molecule has 1 saturated carbocycles. The summed E-state index contributed by atoms with van der Waals surface area (Å²) in [6.07, 6.45) is 5.35. The van der Waals surface area contributed by atoms with Crippen molar-refractivity contribution in [3.8, 4) is 11.8 Å². The van der Waals surface area contributed by atoms with Gasteiger partial charge in [0.05, 0.1) is 47.8 Å². The number of ether oxygens (including phenoxy) is 2. The normalized spacial score (nSPS) is 22.5. The number of hydrogen-bond donors (Lipinski definition) is 0. The SMILES string of the molecule is CCOc1cc(N2C[C@@]3(CCC[C@H](Cn4cnc5ccc(C#N)cc54)C3)OC2=O)ccc1C. The lowest BCUT2D eigenvalue weighted by Gasteiger charge is -2.36. The molecule has 3 aromatic rings. The third kappa shape index (κ3) is 4.02. The first-order valence-corrected chi connectivity index (χ1v) is 11.6. The number of rotatable bonds is 5. The van der Waals surface area contributed by atoms with Crippen LogP contribution in [0.4, 0.5) is 10.5 Å². The Morgan fingerprint density at radius 3 is 3.00 bits per heavy atom. The standard InChI is InChI=1S/C26H28N4O3/c1-3-32-24-12-21(8-6-18(24)2)30-16-26(33-25(30)31)10-4-5-20(13-26)15-29-17-28-22-9-7-19(14-27)11-23(22)29/h6-9,11-12,17,20H,3-5,10,13,15-16H2,1-2H3/t20-,26-/m0/s1. The molecule has 0 N–H and O–H groups in total. The molecule has 1 aliphatic heterocycles. The quantitative estimate of drug-likeness (QED) is 0.540. The number of carbonyl (C=O) groups excluding carboxylic acids is 1. The average Bonchev–Trinajstić information content (AvgIpc) is 3.35. The van der Waals surface area contributed by atoms with Gasteiger partial charge in [-0.1, -0.05) is 6.07 Å². The highest BCUT2D eigenvalue weighted by Crippen LogP contribution is 2.42. The van der Waals surface area contributed by atoms with Crippen molar-refractivity contribution in [3.05, 3.63) is 53.9 Å². The van der Waals surface area contributed by atoms with Crippen molar-refractivity contribution < 1.29 is 14.3 Å². The van der Waals surface area contributed by atoms with Crippen LogP contribution in [0.1, 0.15) is 43.7 Å². The summed E-state index contributed by atoms with van der Waals surface area (Å²) in [6.45, 7) is 5.89. The van der Waals surface area contributed by atoms with Crippen molar-refractivity contribution in [1.82, 2.24) is 9.55 Å². The lowest BCUT2D eigenvalue weighted by atomic mass is 9.78. The van der Waals surface area contributed by atoms with Gasteiger partial charge in [-0.15, -0.1) is 0 Å². The summed E-state index contributed by atoms with van der Waals surface area (Å²) in [7, 11) is 0. The second-order valence-electron chi connectivity index (χ2n) is 9.19. The van der Waals surface area contributed by atoms with Gasteiger partial charge in [0.2, 0.25) is 0 Å². The van der Waals surface area contributed by atoms with E-state index in [1.165, 1.54) is 0 Å². The Hall–Kier alpha value is -3.53. The average molecular weight is 445 g/mol. The van der Waals surface area contributed by atoms with E-state index in [1.54, 1.807) is 11.0 Å². The van der Waals surface area contributed by atoms with Crippen LogP contribution in [0.2, 0.25) is 0 Å². The highest BCUT2D eigenvalue weighted by molar-refractivity contribution is 5.90. The number of carbonyl (C=O) groups is 1. The van der Waals surface area contributed by atoms with E-state index in [1.807, 2.05) is 50.5 Å². The van der Waals surface area contributed by atoms with Gasteiger partial charge in [-0.2, -0.15) is 5.26 Å². The van der Waals surface area contributed by atoms with Crippen molar-refractivity contribution >= 4 is 22.8 Å². The molecule has 0 unspecified atom stereocenters. The van der Waals surface area contributed by atoms with E-state index < -0.39 is 5.60 Å². The Balaban J connectivity index is 1.34. The number of imidazole rings is 1. The summed E-state index contributed by atoms with van der Waals surface area (Å²) in [4.78, 5) is 19.1. The molecule has 1 amide bonds. The minimum Gasteiger partial charge on any atom is -0.494 e. The lowest BCUT2D eigenvalue weighted by molar-refractivity contribution is 0.00439. The van der Waals surface area contributed by atoms with Crippen LogP contribution in [-0.2, 0) is 11.3 Å². The molecule has 7 nitrogen and oxygen atoms in total. The Morgan fingerprint density at radius 2 is 2.18 bits per heavy atom. The lowest BCUT2D eigenvalue weighted by Crippen LogP contribution is -2.40. The van der Waals surface area contributed by atoms with Gasteiger partial charge in [0, 0.05) is 12.6 Å². The summed E-state index contributed by atoms with van der Waals surface area (Å²) in [5, 5.41) is 9.25. The van der Waals surface area contributed by atoms with Gasteiger partial charge in [0.15, 0.2) is 0 Å². The highest BCUT2D eigenvalue weighted by Gasteiger charge is 2.48. The molecule has 5 rings (SSSR count). The highest BCUT2D eigenvalue weighted by atomic mass is 16.6. The van der Waals surface area contributed by atoms with Crippen molar-refractivity contribution in [2.24, 2.45) is 5.92 Å². The first-order chi connectivity index (χ1) is 16.0. The fraction of sp³-hybridized carbons (Fsp3) is 0.423. The van der Waals surface area contributed by atoms with Crippen molar-refractivity contribution in [2.45, 2.75) is 51.7 Å². The zero-order chi connectivity index (χ0) is 23.0. The molecule has 33 heavy (non-hydrogen) atoms. The monoisotopic (exact) mass is 444 g/mol. The maximum Gasteiger partial charge on any atom is 0.415 e. The molecule has 2 aliphatic rings. The topological polar surface area (TPSA) is 80.4 Å². The third-order valence-corrected chi connectivity index (χ3v) is 6.86. The molecule has 170 valence electrons. The Bertz CT molecular complexity index is 1240. The summed E-state index contributed by atoms with van der Waals surface area (Å²) >= 11 is 0. The predicted octanol–water partition coefficient (Wildman–Crippen LogP) is 5.20. The van der Waals surface area contributed by atoms with Gasteiger partial charge in [0.25, 0.3) is 0 Å². The fourth-order valence-corrected chi connectivity index (χ4v) is 5.27. The third-order valence-electron chi connectivity index (χ3n) is 6.86. The van der Waals surface area contributed by atoms with Gasteiger partial charge in [-0.05, 0) is 75.3 Å². The molecule has 0 bridgehead atoms. The van der Waals surface area contributed by atoms with E-state index in [2.05, 4.69) is 15.6 Å². The molecule has 0 radical (unpaired) electrons. The minimum absolute atomic E-state index is 0.284. The Labute approximate surface area is 193 Å². The Kier molecular flexibility index (Phi) is 5.45. The van der Waals surface area contributed by atoms with Crippen LogP contribution in [0.25, 0.3) is 11.0 Å². The summed E-state index contributed by atoms with van der Waals surface area (Å²) in [5.74, 6) is 1.17. The zero-order valence-electron chi connectivity index (χ0n) is 19.1. The van der Waals surface area contributed by atoms with Gasteiger partial charge in [-0.25, -0.2) is 9.78 Å². The fourth-order valence-electron chi connectivity index (χ4n) is 5.27. The molecule has 1 aliphatic carbocycles. The molecular weight excluding hydrogens is 416 g/mol. The maximum atomic E-state index is 12.9. The molecule has 2 heterocycles. The number of fused-ring (bicyclic) bond motifs is 1. The maximum absolute atomic E-state index is 12.9. The first-order valence-electron chi connectivity index (χ1n) is 11.6. The number of aromatic nitrogens is 2. The number of benzene rings is 2. The van der Waals surface area contributed by atoms with E-state index in [0.717, 1.165) is 60.3 Å².